The molecule has 1 aliphatic rings. The van der Waals surface area contributed by atoms with Gasteiger partial charge < -0.3 is 15.2 Å². The smallest absolute Gasteiger partial charge is 0.239 e. The maximum atomic E-state index is 12.4. The number of nitrogens with one attached hydrogen (secondary N) is 2. The monoisotopic (exact) mass is 332 g/mol. The molecule has 3 rings (SSSR count). The molecule has 6 nitrogen and oxygen atoms in total. The molecule has 0 aliphatic carbocycles. The van der Waals surface area contributed by atoms with Gasteiger partial charge in [0.25, 0.3) is 0 Å². The molecule has 0 saturated carbocycles. The normalized spacial score (nSPS) is 17.5. The number of aromatic amines is 1. The fourth-order valence-electron chi connectivity index (χ4n) is 2.67. The fraction of sp³-hybridized carbons (Fsp3) is 0.312. The summed E-state index contributed by atoms with van der Waals surface area (Å²) in [6.45, 7) is 1.02. The molecule has 1 aliphatic heterocycles. The Balaban J connectivity index is 1.55. The zero-order valence-corrected chi connectivity index (χ0v) is 13.2. The van der Waals surface area contributed by atoms with E-state index in [1.54, 1.807) is 41.7 Å². The minimum Gasteiger partial charge on any atom is -0.355 e. The van der Waals surface area contributed by atoms with Crippen LogP contribution in [-0.2, 0) is 16.0 Å². The van der Waals surface area contributed by atoms with Crippen LogP contribution in [0.25, 0.3) is 0 Å². The van der Waals surface area contributed by atoms with Crippen LogP contribution in [0, 0.1) is 5.92 Å². The fourth-order valence-corrected chi connectivity index (χ4v) is 2.79. The predicted molar refractivity (Wildman–Crippen MR) is 87.2 cm³/mol. The molecule has 1 atom stereocenters. The van der Waals surface area contributed by atoms with E-state index in [4.69, 9.17) is 11.6 Å². The van der Waals surface area contributed by atoms with E-state index in [9.17, 15) is 9.59 Å². The quantitative estimate of drug-likeness (QED) is 0.819. The van der Waals surface area contributed by atoms with E-state index >= 15 is 0 Å². The SMILES string of the molecule is O=C(NCCc1cnc[nH]1)C1CCN(c2ccc(Cl)cc2)C1=O. The Hall–Kier alpha value is -2.34. The molecule has 2 amide bonds. The van der Waals surface area contributed by atoms with Crippen molar-refractivity contribution in [1.29, 1.82) is 0 Å². The van der Waals surface area contributed by atoms with Gasteiger partial charge in [-0.3, -0.25) is 9.59 Å². The Morgan fingerprint density at radius 1 is 1.39 bits per heavy atom. The van der Waals surface area contributed by atoms with Crippen LogP contribution in [0.2, 0.25) is 5.02 Å². The number of aromatic nitrogens is 2. The third-order valence-electron chi connectivity index (χ3n) is 3.91. The molecule has 0 radical (unpaired) electrons. The highest BCUT2D eigenvalue weighted by Crippen LogP contribution is 2.26. The number of H-pyrrole nitrogens is 1. The lowest BCUT2D eigenvalue weighted by molar-refractivity contribution is -0.132. The van der Waals surface area contributed by atoms with Crippen molar-refractivity contribution in [2.45, 2.75) is 12.8 Å². The second-order valence-electron chi connectivity index (χ2n) is 5.43. The van der Waals surface area contributed by atoms with E-state index in [0.29, 0.717) is 31.0 Å². The lowest BCUT2D eigenvalue weighted by Crippen LogP contribution is -2.37. The molecule has 2 heterocycles. The summed E-state index contributed by atoms with van der Waals surface area (Å²) in [5.41, 5.74) is 1.72. The Morgan fingerprint density at radius 3 is 2.87 bits per heavy atom. The molecule has 1 aromatic carbocycles. The minimum absolute atomic E-state index is 0.161. The first-order chi connectivity index (χ1) is 11.1. The van der Waals surface area contributed by atoms with Gasteiger partial charge in [-0.2, -0.15) is 0 Å². The van der Waals surface area contributed by atoms with Crippen LogP contribution in [0.15, 0.2) is 36.8 Å². The van der Waals surface area contributed by atoms with Crippen molar-refractivity contribution in [2.24, 2.45) is 5.92 Å². The Morgan fingerprint density at radius 2 is 2.17 bits per heavy atom. The van der Waals surface area contributed by atoms with Crippen LogP contribution in [0.3, 0.4) is 0 Å². The van der Waals surface area contributed by atoms with Crippen molar-refractivity contribution < 1.29 is 9.59 Å². The van der Waals surface area contributed by atoms with Crippen molar-refractivity contribution in [3.05, 3.63) is 47.5 Å². The van der Waals surface area contributed by atoms with Crippen LogP contribution in [0.4, 0.5) is 5.69 Å². The molecule has 23 heavy (non-hydrogen) atoms. The largest absolute Gasteiger partial charge is 0.355 e. The second-order valence-corrected chi connectivity index (χ2v) is 5.86. The molecule has 2 aromatic rings. The minimum atomic E-state index is -0.618. The Kier molecular flexibility index (Phi) is 4.62. The molecule has 2 N–H and O–H groups in total. The average Bonchev–Trinajstić information content (AvgIpc) is 3.18. The first-order valence-electron chi connectivity index (χ1n) is 7.47. The number of carbonyl (C=O) groups excluding carboxylic acids is 2. The van der Waals surface area contributed by atoms with Gasteiger partial charge in [0.05, 0.1) is 6.33 Å². The molecule has 1 unspecified atom stereocenters. The lowest BCUT2D eigenvalue weighted by Gasteiger charge is -2.16. The number of carbonyl (C=O) groups is 2. The summed E-state index contributed by atoms with van der Waals surface area (Å²) in [6.07, 6.45) is 4.50. The van der Waals surface area contributed by atoms with Crippen LogP contribution >= 0.6 is 11.6 Å². The summed E-state index contributed by atoms with van der Waals surface area (Å²) in [7, 11) is 0. The van der Waals surface area contributed by atoms with Crippen LogP contribution in [-0.4, -0.2) is 34.9 Å². The van der Waals surface area contributed by atoms with Gasteiger partial charge >= 0.3 is 0 Å². The van der Waals surface area contributed by atoms with Crippen molar-refractivity contribution in [3.63, 3.8) is 0 Å². The number of halogens is 1. The molecule has 0 bridgehead atoms. The predicted octanol–water partition coefficient (Wildman–Crippen LogP) is 1.77. The molecule has 1 aromatic heterocycles. The standard InChI is InChI=1S/C16H17ClN4O2/c17-11-1-3-13(4-2-11)21-8-6-14(16(21)23)15(22)19-7-5-12-9-18-10-20-12/h1-4,9-10,14H,5-8H2,(H,18,20)(H,19,22). The zero-order valence-electron chi connectivity index (χ0n) is 12.5. The van der Waals surface area contributed by atoms with E-state index < -0.39 is 5.92 Å². The number of anilines is 1. The van der Waals surface area contributed by atoms with E-state index in [1.807, 2.05) is 0 Å². The highest BCUT2D eigenvalue weighted by atomic mass is 35.5. The molecule has 0 spiro atoms. The van der Waals surface area contributed by atoms with Crippen LogP contribution in [0.5, 0.6) is 0 Å². The third-order valence-corrected chi connectivity index (χ3v) is 4.16. The Bertz CT molecular complexity index is 685. The van der Waals surface area contributed by atoms with E-state index in [-0.39, 0.29) is 11.8 Å². The third kappa shape index (κ3) is 3.53. The molecule has 7 heteroatoms. The number of hydrogen-bond acceptors (Lipinski definition) is 3. The Labute approximate surface area is 138 Å². The number of nitrogens with zero attached hydrogens (tertiary/aromatic N) is 2. The number of benzene rings is 1. The summed E-state index contributed by atoms with van der Waals surface area (Å²) < 4.78 is 0. The molecule has 1 fully saturated rings. The maximum Gasteiger partial charge on any atom is 0.239 e. The maximum absolute atomic E-state index is 12.4. The van der Waals surface area contributed by atoms with Gasteiger partial charge in [-0.1, -0.05) is 11.6 Å². The van der Waals surface area contributed by atoms with E-state index in [1.165, 1.54) is 0 Å². The summed E-state index contributed by atoms with van der Waals surface area (Å²) in [6, 6.07) is 7.06. The van der Waals surface area contributed by atoms with Gasteiger partial charge in [0.1, 0.15) is 5.92 Å². The summed E-state index contributed by atoms with van der Waals surface area (Å²) in [5, 5.41) is 3.44. The van der Waals surface area contributed by atoms with Crippen molar-refractivity contribution in [1.82, 2.24) is 15.3 Å². The van der Waals surface area contributed by atoms with Gasteiger partial charge in [0.2, 0.25) is 11.8 Å². The lowest BCUT2D eigenvalue weighted by atomic mass is 10.1. The van der Waals surface area contributed by atoms with Crippen LogP contribution in [0.1, 0.15) is 12.1 Å². The summed E-state index contributed by atoms with van der Waals surface area (Å²) in [4.78, 5) is 33.2. The number of imidazole rings is 1. The van der Waals surface area contributed by atoms with Gasteiger partial charge in [-0.25, -0.2) is 4.98 Å². The topological polar surface area (TPSA) is 78.1 Å². The van der Waals surface area contributed by atoms with Gasteiger partial charge in [-0.15, -0.1) is 0 Å². The molecular formula is C16H17ClN4O2. The highest BCUT2D eigenvalue weighted by molar-refractivity contribution is 6.30. The van der Waals surface area contributed by atoms with Gasteiger partial charge in [0, 0.05) is 42.1 Å². The van der Waals surface area contributed by atoms with Crippen molar-refractivity contribution in [2.75, 3.05) is 18.0 Å². The molecule has 120 valence electrons. The first-order valence-corrected chi connectivity index (χ1v) is 7.85. The van der Waals surface area contributed by atoms with Gasteiger partial charge in [0.15, 0.2) is 0 Å². The second kappa shape index (κ2) is 6.83. The van der Waals surface area contributed by atoms with Crippen molar-refractivity contribution >= 4 is 29.1 Å². The van der Waals surface area contributed by atoms with Gasteiger partial charge in [-0.05, 0) is 30.7 Å². The van der Waals surface area contributed by atoms with Crippen molar-refractivity contribution in [3.8, 4) is 0 Å². The number of hydrogen-bond donors (Lipinski definition) is 2. The van der Waals surface area contributed by atoms with E-state index in [2.05, 4.69) is 15.3 Å². The number of rotatable bonds is 5. The van der Waals surface area contributed by atoms with Crippen LogP contribution < -0.4 is 10.2 Å². The summed E-state index contributed by atoms with van der Waals surface area (Å²) in [5.74, 6) is -0.996. The zero-order chi connectivity index (χ0) is 16.2. The molecular weight excluding hydrogens is 316 g/mol. The van der Waals surface area contributed by atoms with E-state index in [0.717, 1.165) is 11.4 Å². The summed E-state index contributed by atoms with van der Waals surface area (Å²) >= 11 is 5.86. The first kappa shape index (κ1) is 15.6. The molecule has 1 saturated heterocycles. The number of amides is 2. The highest BCUT2D eigenvalue weighted by Gasteiger charge is 2.37. The average molecular weight is 333 g/mol.